The molecule has 5 rings (SSSR count). The number of rotatable bonds is 2. The van der Waals surface area contributed by atoms with Crippen LogP contribution in [0.1, 0.15) is 18.1 Å². The van der Waals surface area contributed by atoms with E-state index >= 15 is 0 Å². The van der Waals surface area contributed by atoms with Crippen molar-refractivity contribution in [2.24, 2.45) is 5.73 Å². The van der Waals surface area contributed by atoms with Gasteiger partial charge in [-0.05, 0) is 13.0 Å². The van der Waals surface area contributed by atoms with Crippen molar-refractivity contribution in [3.05, 3.63) is 77.2 Å². The highest BCUT2D eigenvalue weighted by Crippen LogP contribution is 2.56. The molecule has 0 radical (unpaired) electrons. The van der Waals surface area contributed by atoms with Crippen molar-refractivity contribution >= 4 is 11.6 Å². The Morgan fingerprint density at radius 1 is 1.21 bits per heavy atom. The molecule has 2 aliphatic heterocycles. The molecule has 3 aromatic rings. The summed E-state index contributed by atoms with van der Waals surface area (Å²) < 4.78 is 5.68. The molecule has 1 amide bonds. The number of benzene rings is 2. The molecule has 7 heteroatoms. The summed E-state index contributed by atoms with van der Waals surface area (Å²) in [6.45, 7) is 2.37. The minimum Gasteiger partial charge on any atom is -0.420 e. The SMILES string of the molecule is CCN1C(=O)[C@]2(C(C#N)=C(N)Oc3n[nH]c(-c4ccccc4)c32)c2ccccc21. The van der Waals surface area contributed by atoms with Crippen LogP contribution >= 0.6 is 0 Å². The van der Waals surface area contributed by atoms with Crippen LogP contribution in [0, 0.1) is 11.3 Å². The first kappa shape index (κ1) is 17.1. The molecule has 3 heterocycles. The van der Waals surface area contributed by atoms with E-state index < -0.39 is 5.41 Å². The van der Waals surface area contributed by atoms with Crippen molar-refractivity contribution in [1.29, 1.82) is 5.26 Å². The van der Waals surface area contributed by atoms with Crippen LogP contribution in [-0.2, 0) is 10.2 Å². The number of H-pyrrole nitrogens is 1. The molecule has 0 fully saturated rings. The van der Waals surface area contributed by atoms with Crippen molar-refractivity contribution in [3.8, 4) is 23.2 Å². The van der Waals surface area contributed by atoms with Crippen LogP contribution in [-0.4, -0.2) is 22.6 Å². The van der Waals surface area contributed by atoms with Gasteiger partial charge >= 0.3 is 0 Å². The molecule has 3 N–H and O–H groups in total. The van der Waals surface area contributed by atoms with Crippen LogP contribution in [0.2, 0.25) is 0 Å². The molecular formula is C22H17N5O2. The minimum atomic E-state index is -1.41. The van der Waals surface area contributed by atoms with Gasteiger partial charge in [-0.15, -0.1) is 5.10 Å². The average Bonchev–Trinajstić information content (AvgIpc) is 3.27. The molecule has 1 spiro atoms. The fourth-order valence-electron chi connectivity index (χ4n) is 4.42. The molecular weight excluding hydrogens is 366 g/mol. The van der Waals surface area contributed by atoms with Crippen LogP contribution in [0.4, 0.5) is 5.69 Å². The van der Waals surface area contributed by atoms with Gasteiger partial charge in [-0.3, -0.25) is 9.89 Å². The van der Waals surface area contributed by atoms with E-state index in [1.54, 1.807) is 4.90 Å². The third-order valence-electron chi connectivity index (χ3n) is 5.59. The average molecular weight is 383 g/mol. The molecule has 142 valence electrons. The maximum Gasteiger partial charge on any atom is 0.247 e. The van der Waals surface area contributed by atoms with E-state index in [2.05, 4.69) is 16.3 Å². The van der Waals surface area contributed by atoms with E-state index in [4.69, 9.17) is 10.5 Å². The lowest BCUT2D eigenvalue weighted by atomic mass is 9.68. The zero-order valence-electron chi connectivity index (χ0n) is 15.6. The smallest absolute Gasteiger partial charge is 0.247 e. The van der Waals surface area contributed by atoms with Crippen molar-refractivity contribution in [2.45, 2.75) is 12.3 Å². The Morgan fingerprint density at radius 3 is 2.66 bits per heavy atom. The summed E-state index contributed by atoms with van der Waals surface area (Å²) in [5.74, 6) is -0.127. The summed E-state index contributed by atoms with van der Waals surface area (Å²) >= 11 is 0. The summed E-state index contributed by atoms with van der Waals surface area (Å²) in [6, 6.07) is 19.2. The highest BCUT2D eigenvalue weighted by Gasteiger charge is 2.60. The number of carbonyl (C=O) groups excluding carboxylic acids is 1. The van der Waals surface area contributed by atoms with Crippen LogP contribution in [0.25, 0.3) is 11.3 Å². The highest BCUT2D eigenvalue weighted by atomic mass is 16.5. The summed E-state index contributed by atoms with van der Waals surface area (Å²) in [7, 11) is 0. The Balaban J connectivity index is 1.93. The quantitative estimate of drug-likeness (QED) is 0.707. The number of amides is 1. The number of para-hydroxylation sites is 1. The van der Waals surface area contributed by atoms with Gasteiger partial charge in [0.2, 0.25) is 17.7 Å². The Kier molecular flexibility index (Phi) is 3.52. The lowest BCUT2D eigenvalue weighted by Gasteiger charge is -2.32. The Labute approximate surface area is 167 Å². The van der Waals surface area contributed by atoms with E-state index in [1.165, 1.54) is 0 Å². The second-order valence-electron chi connectivity index (χ2n) is 6.91. The van der Waals surface area contributed by atoms with Crippen molar-refractivity contribution in [3.63, 3.8) is 0 Å². The standard InChI is InChI=1S/C22H17N5O2/c1-2-27-16-11-7-6-10-14(16)22(21(27)28)15(12-23)19(24)29-20-17(22)18(25-26-20)13-8-4-3-5-9-13/h3-11H,2,24H2,1H3,(H,25,26)/t22-/m0/s1. The number of fused-ring (bicyclic) bond motifs is 4. The number of hydrogen-bond acceptors (Lipinski definition) is 5. The number of likely N-dealkylation sites (N-methyl/N-ethyl adjacent to an activating group) is 1. The molecule has 2 aromatic carbocycles. The van der Waals surface area contributed by atoms with Gasteiger partial charge in [0.1, 0.15) is 17.1 Å². The van der Waals surface area contributed by atoms with Gasteiger partial charge in [0.25, 0.3) is 0 Å². The largest absolute Gasteiger partial charge is 0.420 e. The minimum absolute atomic E-state index is 0.0805. The third-order valence-corrected chi connectivity index (χ3v) is 5.59. The maximum absolute atomic E-state index is 13.9. The van der Waals surface area contributed by atoms with Gasteiger partial charge in [0.15, 0.2) is 0 Å². The summed E-state index contributed by atoms with van der Waals surface area (Å²) in [5.41, 5.74) is 8.24. The fraction of sp³-hybridized carbons (Fsp3) is 0.136. The number of nitriles is 1. The normalized spacial score (nSPS) is 19.7. The van der Waals surface area contributed by atoms with Gasteiger partial charge in [-0.2, -0.15) is 5.26 Å². The van der Waals surface area contributed by atoms with E-state index in [1.807, 2.05) is 61.5 Å². The number of aromatic amines is 1. The second kappa shape index (κ2) is 5.97. The molecule has 0 saturated heterocycles. The van der Waals surface area contributed by atoms with Gasteiger partial charge in [0, 0.05) is 23.4 Å². The predicted octanol–water partition coefficient (Wildman–Crippen LogP) is 2.82. The third kappa shape index (κ3) is 2.00. The number of ether oxygens (including phenoxy) is 1. The number of carbonyl (C=O) groups is 1. The predicted molar refractivity (Wildman–Crippen MR) is 107 cm³/mol. The van der Waals surface area contributed by atoms with Gasteiger partial charge in [0.05, 0.1) is 11.3 Å². The monoisotopic (exact) mass is 383 g/mol. The number of anilines is 1. The molecule has 0 aliphatic carbocycles. The van der Waals surface area contributed by atoms with Crippen LogP contribution in [0.5, 0.6) is 5.88 Å². The Morgan fingerprint density at radius 2 is 1.93 bits per heavy atom. The number of aromatic nitrogens is 2. The number of nitrogens with zero attached hydrogens (tertiary/aromatic N) is 3. The van der Waals surface area contributed by atoms with E-state index in [-0.39, 0.29) is 23.2 Å². The first-order valence-corrected chi connectivity index (χ1v) is 9.28. The van der Waals surface area contributed by atoms with Gasteiger partial charge in [-0.25, -0.2) is 0 Å². The molecule has 29 heavy (non-hydrogen) atoms. The molecule has 2 aliphatic rings. The van der Waals surface area contributed by atoms with Gasteiger partial charge in [-0.1, -0.05) is 48.5 Å². The molecule has 0 unspecified atom stereocenters. The molecule has 1 atom stereocenters. The lowest BCUT2D eigenvalue weighted by molar-refractivity contribution is -0.120. The van der Waals surface area contributed by atoms with Crippen molar-refractivity contribution < 1.29 is 9.53 Å². The van der Waals surface area contributed by atoms with Crippen LogP contribution < -0.4 is 15.4 Å². The second-order valence-corrected chi connectivity index (χ2v) is 6.91. The summed E-state index contributed by atoms with van der Waals surface area (Å²) in [4.78, 5) is 15.6. The highest BCUT2D eigenvalue weighted by molar-refractivity contribution is 6.15. The zero-order chi connectivity index (χ0) is 20.2. The fourth-order valence-corrected chi connectivity index (χ4v) is 4.42. The summed E-state index contributed by atoms with van der Waals surface area (Å²) in [5, 5.41) is 17.3. The van der Waals surface area contributed by atoms with Crippen molar-refractivity contribution in [1.82, 2.24) is 10.2 Å². The first-order valence-electron chi connectivity index (χ1n) is 9.28. The van der Waals surface area contributed by atoms with E-state index in [0.29, 0.717) is 23.4 Å². The Bertz CT molecular complexity index is 1220. The first-order chi connectivity index (χ1) is 14.1. The van der Waals surface area contributed by atoms with E-state index in [0.717, 1.165) is 11.3 Å². The Hall–Kier alpha value is -4.05. The van der Waals surface area contributed by atoms with E-state index in [9.17, 15) is 10.1 Å². The summed E-state index contributed by atoms with van der Waals surface area (Å²) in [6.07, 6.45) is 0. The number of nitrogens with one attached hydrogen (secondary N) is 1. The maximum atomic E-state index is 13.9. The topological polar surface area (TPSA) is 108 Å². The lowest BCUT2D eigenvalue weighted by Crippen LogP contribution is -2.45. The molecule has 0 bridgehead atoms. The van der Waals surface area contributed by atoms with Crippen LogP contribution in [0.3, 0.4) is 0 Å². The van der Waals surface area contributed by atoms with Crippen molar-refractivity contribution in [2.75, 3.05) is 11.4 Å². The molecule has 7 nitrogen and oxygen atoms in total. The van der Waals surface area contributed by atoms with Crippen LogP contribution in [0.15, 0.2) is 66.1 Å². The number of nitrogens with two attached hydrogens (primary N) is 1. The number of hydrogen-bond donors (Lipinski definition) is 2. The van der Waals surface area contributed by atoms with Gasteiger partial charge < -0.3 is 15.4 Å². The molecule has 0 saturated carbocycles. The molecule has 1 aromatic heterocycles. The zero-order valence-corrected chi connectivity index (χ0v) is 15.6.